The summed E-state index contributed by atoms with van der Waals surface area (Å²) in [7, 11) is 0. The summed E-state index contributed by atoms with van der Waals surface area (Å²) in [6, 6.07) is 0. The van der Waals surface area contributed by atoms with Crippen LogP contribution in [-0.4, -0.2) is 29.1 Å². The van der Waals surface area contributed by atoms with Crippen LogP contribution in [0, 0.1) is 12.8 Å². The van der Waals surface area contributed by atoms with Crippen molar-refractivity contribution in [3.05, 3.63) is 15.6 Å². The lowest BCUT2D eigenvalue weighted by Gasteiger charge is -2.10. The molecule has 1 amide bonds. The number of rotatable bonds is 6. The van der Waals surface area contributed by atoms with E-state index in [1.54, 1.807) is 11.3 Å². The number of aromatic nitrogens is 1. The minimum Gasteiger partial charge on any atom is -0.396 e. The summed E-state index contributed by atoms with van der Waals surface area (Å²) in [5.74, 6) is 0.842. The predicted molar refractivity (Wildman–Crippen MR) is 81.3 cm³/mol. The lowest BCUT2D eigenvalue weighted by molar-refractivity contribution is 0.0948. The molecule has 1 aliphatic carbocycles. The van der Waals surface area contributed by atoms with Crippen molar-refractivity contribution in [1.29, 1.82) is 0 Å². The Labute approximate surface area is 124 Å². The number of aryl methyl sites for hydroxylation is 1. The van der Waals surface area contributed by atoms with E-state index < -0.39 is 0 Å². The van der Waals surface area contributed by atoms with E-state index in [1.807, 2.05) is 13.8 Å². The Morgan fingerprint density at radius 2 is 2.20 bits per heavy atom. The Kier molecular flexibility index (Phi) is 5.54. The summed E-state index contributed by atoms with van der Waals surface area (Å²) in [6.45, 7) is 4.72. The molecule has 1 aliphatic rings. The van der Waals surface area contributed by atoms with Crippen molar-refractivity contribution in [1.82, 2.24) is 10.3 Å². The van der Waals surface area contributed by atoms with Gasteiger partial charge in [0.15, 0.2) is 0 Å². The van der Waals surface area contributed by atoms with E-state index in [4.69, 9.17) is 5.11 Å². The van der Waals surface area contributed by atoms with Gasteiger partial charge in [0, 0.05) is 19.1 Å². The molecule has 0 bridgehead atoms. The third kappa shape index (κ3) is 3.79. The third-order valence-corrected chi connectivity index (χ3v) is 5.28. The Bertz CT molecular complexity index is 453. The fraction of sp³-hybridized carbons (Fsp3) is 0.733. The molecule has 20 heavy (non-hydrogen) atoms. The average Bonchev–Trinajstić information content (AvgIpc) is 3.05. The first kappa shape index (κ1) is 15.4. The zero-order chi connectivity index (χ0) is 14.5. The fourth-order valence-electron chi connectivity index (χ4n) is 2.64. The van der Waals surface area contributed by atoms with E-state index in [1.165, 1.54) is 25.7 Å². The van der Waals surface area contributed by atoms with Gasteiger partial charge in [0.05, 0.1) is 10.7 Å². The maximum absolute atomic E-state index is 12.2. The number of aliphatic hydroxyl groups excluding tert-OH is 1. The number of carbonyl (C=O) groups excluding carboxylic acids is 1. The first-order chi connectivity index (χ1) is 9.61. The average molecular weight is 296 g/mol. The van der Waals surface area contributed by atoms with Crippen molar-refractivity contribution < 1.29 is 9.90 Å². The summed E-state index contributed by atoms with van der Waals surface area (Å²) < 4.78 is 0. The minimum atomic E-state index is -0.0194. The third-order valence-electron chi connectivity index (χ3n) is 3.96. The van der Waals surface area contributed by atoms with Crippen molar-refractivity contribution in [3.8, 4) is 0 Å². The SMILES string of the molecule is Cc1nc(C2CCCC2)sc1C(=O)NCC(C)CCO. The van der Waals surface area contributed by atoms with E-state index in [9.17, 15) is 4.79 Å². The monoisotopic (exact) mass is 296 g/mol. The van der Waals surface area contributed by atoms with Gasteiger partial charge in [0.2, 0.25) is 0 Å². The highest BCUT2D eigenvalue weighted by atomic mass is 32.1. The van der Waals surface area contributed by atoms with Crippen LogP contribution in [0.5, 0.6) is 0 Å². The number of nitrogens with one attached hydrogen (secondary N) is 1. The Morgan fingerprint density at radius 3 is 2.85 bits per heavy atom. The van der Waals surface area contributed by atoms with E-state index in [0.717, 1.165) is 22.0 Å². The number of aliphatic hydroxyl groups is 1. The summed E-state index contributed by atoms with van der Waals surface area (Å²) in [5.41, 5.74) is 0.851. The van der Waals surface area contributed by atoms with Crippen LogP contribution in [0.4, 0.5) is 0 Å². The maximum Gasteiger partial charge on any atom is 0.263 e. The zero-order valence-electron chi connectivity index (χ0n) is 12.3. The van der Waals surface area contributed by atoms with Crippen LogP contribution in [-0.2, 0) is 0 Å². The van der Waals surface area contributed by atoms with E-state index >= 15 is 0 Å². The van der Waals surface area contributed by atoms with Gasteiger partial charge < -0.3 is 10.4 Å². The number of hydrogen-bond acceptors (Lipinski definition) is 4. The van der Waals surface area contributed by atoms with Crippen molar-refractivity contribution in [3.63, 3.8) is 0 Å². The molecule has 1 saturated carbocycles. The summed E-state index contributed by atoms with van der Waals surface area (Å²) in [4.78, 5) is 17.5. The second kappa shape index (κ2) is 7.18. The summed E-state index contributed by atoms with van der Waals surface area (Å²) >= 11 is 1.56. The van der Waals surface area contributed by atoms with Gasteiger partial charge >= 0.3 is 0 Å². The molecule has 1 heterocycles. The molecular formula is C15H24N2O2S. The predicted octanol–water partition coefficient (Wildman–Crippen LogP) is 2.86. The zero-order valence-corrected chi connectivity index (χ0v) is 13.1. The first-order valence-corrected chi connectivity index (χ1v) is 8.29. The lowest BCUT2D eigenvalue weighted by atomic mass is 10.1. The number of hydrogen-bond donors (Lipinski definition) is 2. The van der Waals surface area contributed by atoms with Gasteiger partial charge in [-0.1, -0.05) is 19.8 Å². The number of amides is 1. The molecule has 0 aliphatic heterocycles. The van der Waals surface area contributed by atoms with Crippen LogP contribution in [0.2, 0.25) is 0 Å². The molecule has 1 aromatic heterocycles. The summed E-state index contributed by atoms with van der Waals surface area (Å²) in [5, 5.41) is 12.9. The van der Waals surface area contributed by atoms with Gasteiger partial charge in [-0.2, -0.15) is 0 Å². The highest BCUT2D eigenvalue weighted by Crippen LogP contribution is 2.37. The smallest absolute Gasteiger partial charge is 0.263 e. The van der Waals surface area contributed by atoms with Crippen LogP contribution < -0.4 is 5.32 Å². The van der Waals surface area contributed by atoms with Gasteiger partial charge in [0.1, 0.15) is 4.88 Å². The van der Waals surface area contributed by atoms with Gasteiger partial charge in [-0.05, 0) is 32.1 Å². The Balaban J connectivity index is 1.95. The highest BCUT2D eigenvalue weighted by Gasteiger charge is 2.23. The topological polar surface area (TPSA) is 62.2 Å². The Morgan fingerprint density at radius 1 is 1.50 bits per heavy atom. The Hall–Kier alpha value is -0.940. The lowest BCUT2D eigenvalue weighted by Crippen LogP contribution is -2.28. The van der Waals surface area contributed by atoms with Gasteiger partial charge in [0.25, 0.3) is 5.91 Å². The fourth-order valence-corrected chi connectivity index (χ4v) is 3.80. The molecule has 0 spiro atoms. The van der Waals surface area contributed by atoms with Gasteiger partial charge in [-0.15, -0.1) is 11.3 Å². The van der Waals surface area contributed by atoms with E-state index in [-0.39, 0.29) is 12.5 Å². The normalized spacial score (nSPS) is 17.4. The number of carbonyl (C=O) groups is 1. The molecule has 0 radical (unpaired) electrons. The second-order valence-electron chi connectivity index (χ2n) is 5.78. The molecule has 1 atom stereocenters. The molecule has 4 nitrogen and oxygen atoms in total. The second-order valence-corrected chi connectivity index (χ2v) is 6.81. The van der Waals surface area contributed by atoms with Crippen LogP contribution in [0.15, 0.2) is 0 Å². The molecular weight excluding hydrogens is 272 g/mol. The molecule has 1 aromatic rings. The molecule has 5 heteroatoms. The maximum atomic E-state index is 12.2. The van der Waals surface area contributed by atoms with Crippen LogP contribution in [0.3, 0.4) is 0 Å². The van der Waals surface area contributed by atoms with Gasteiger partial charge in [-0.3, -0.25) is 4.79 Å². The van der Waals surface area contributed by atoms with Crippen molar-refractivity contribution in [2.75, 3.05) is 13.2 Å². The minimum absolute atomic E-state index is 0.0194. The highest BCUT2D eigenvalue weighted by molar-refractivity contribution is 7.13. The van der Waals surface area contributed by atoms with E-state index in [0.29, 0.717) is 18.4 Å². The van der Waals surface area contributed by atoms with Crippen molar-refractivity contribution in [2.24, 2.45) is 5.92 Å². The standard InChI is InChI=1S/C15H24N2O2S/c1-10(7-8-18)9-16-14(19)13-11(2)17-15(20-13)12-5-3-4-6-12/h10,12,18H,3-9H2,1-2H3,(H,16,19). The van der Waals surface area contributed by atoms with Crippen LogP contribution in [0.1, 0.15) is 65.3 Å². The molecule has 1 unspecified atom stereocenters. The van der Waals surface area contributed by atoms with E-state index in [2.05, 4.69) is 10.3 Å². The number of thiazole rings is 1. The molecule has 2 rings (SSSR count). The van der Waals surface area contributed by atoms with Crippen molar-refractivity contribution >= 4 is 17.2 Å². The van der Waals surface area contributed by atoms with Crippen LogP contribution in [0.25, 0.3) is 0 Å². The number of nitrogens with zero attached hydrogens (tertiary/aromatic N) is 1. The quantitative estimate of drug-likeness (QED) is 0.848. The molecule has 2 N–H and O–H groups in total. The van der Waals surface area contributed by atoms with Crippen molar-refractivity contribution in [2.45, 2.75) is 51.9 Å². The van der Waals surface area contributed by atoms with Gasteiger partial charge in [-0.25, -0.2) is 4.98 Å². The molecule has 0 saturated heterocycles. The molecule has 1 fully saturated rings. The summed E-state index contributed by atoms with van der Waals surface area (Å²) in [6.07, 6.45) is 5.70. The first-order valence-electron chi connectivity index (χ1n) is 7.48. The largest absolute Gasteiger partial charge is 0.396 e. The molecule has 112 valence electrons. The molecule has 0 aromatic carbocycles. The van der Waals surface area contributed by atoms with Crippen LogP contribution >= 0.6 is 11.3 Å².